The molecule has 1 aliphatic heterocycles. The van der Waals surface area contributed by atoms with E-state index in [2.05, 4.69) is 26.0 Å². The summed E-state index contributed by atoms with van der Waals surface area (Å²) in [6.07, 6.45) is 3.98. The third-order valence-electron chi connectivity index (χ3n) is 7.78. The largest absolute Gasteiger partial charge is 0.476 e. The first-order valence-corrected chi connectivity index (χ1v) is 16.1. The van der Waals surface area contributed by atoms with E-state index in [9.17, 15) is 14.4 Å². The molecule has 0 bridgehead atoms. The van der Waals surface area contributed by atoms with Gasteiger partial charge in [-0.05, 0) is 101 Å². The van der Waals surface area contributed by atoms with E-state index in [0.29, 0.717) is 43.5 Å². The molecule has 0 aliphatic carbocycles. The highest BCUT2D eigenvalue weighted by molar-refractivity contribution is 7.98. The van der Waals surface area contributed by atoms with Crippen LogP contribution in [0.2, 0.25) is 0 Å². The van der Waals surface area contributed by atoms with Gasteiger partial charge in [-0.1, -0.05) is 38.1 Å². The van der Waals surface area contributed by atoms with Crippen LogP contribution in [0.5, 0.6) is 5.75 Å². The van der Waals surface area contributed by atoms with Gasteiger partial charge in [-0.15, -0.1) is 11.8 Å². The Morgan fingerprint density at radius 1 is 1.02 bits per heavy atom. The lowest BCUT2D eigenvalue weighted by Gasteiger charge is -2.26. The number of nitrogens with zero attached hydrogens (tertiary/aromatic N) is 1. The first-order valence-electron chi connectivity index (χ1n) is 14.9. The van der Waals surface area contributed by atoms with Gasteiger partial charge in [0.1, 0.15) is 5.75 Å². The standard InChI is InChI=1S/C34H47NO6S/c1-9-39-32(37)34(6,7)41-31-23(4)18-25(19-24(31)5)10-11-27-20-35(33(38)40-17-16-22(2)3)21-29(27)30(36)26-12-14-28(42-8)15-13-26/h12-15,18-19,22,27,29H,9-11,16-17,20-21H2,1-8H3/t27-,29?/m0/s1. The maximum absolute atomic E-state index is 13.7. The van der Waals surface area contributed by atoms with Crippen LogP contribution in [0.1, 0.15) is 74.5 Å². The molecule has 1 amide bonds. The Morgan fingerprint density at radius 2 is 1.67 bits per heavy atom. The Balaban J connectivity index is 1.76. The van der Waals surface area contributed by atoms with Crippen LogP contribution in [0.3, 0.4) is 0 Å². The molecule has 1 heterocycles. The predicted molar refractivity (Wildman–Crippen MR) is 167 cm³/mol. The Hall–Kier alpha value is -3.00. The van der Waals surface area contributed by atoms with E-state index in [1.165, 1.54) is 0 Å². The summed E-state index contributed by atoms with van der Waals surface area (Å²) in [5.74, 6) is 0.507. The molecule has 0 radical (unpaired) electrons. The van der Waals surface area contributed by atoms with Gasteiger partial charge in [0.15, 0.2) is 11.4 Å². The second-order valence-corrected chi connectivity index (χ2v) is 13.0. The van der Waals surface area contributed by atoms with Crippen molar-refractivity contribution in [3.8, 4) is 5.75 Å². The molecular weight excluding hydrogens is 550 g/mol. The number of rotatable bonds is 13. The zero-order valence-electron chi connectivity index (χ0n) is 26.5. The normalized spacial score (nSPS) is 16.9. The number of amides is 1. The predicted octanol–water partition coefficient (Wildman–Crippen LogP) is 7.29. The van der Waals surface area contributed by atoms with E-state index >= 15 is 0 Å². The summed E-state index contributed by atoms with van der Waals surface area (Å²) < 4.78 is 16.9. The third-order valence-corrected chi connectivity index (χ3v) is 8.52. The fourth-order valence-corrected chi connectivity index (χ4v) is 5.76. The highest BCUT2D eigenvalue weighted by Crippen LogP contribution is 2.34. The number of esters is 1. The summed E-state index contributed by atoms with van der Waals surface area (Å²) in [5, 5.41) is 0. The van der Waals surface area contributed by atoms with Crippen molar-refractivity contribution in [3.05, 3.63) is 58.7 Å². The van der Waals surface area contributed by atoms with Crippen LogP contribution in [0.15, 0.2) is 41.3 Å². The minimum absolute atomic E-state index is 0.00895. The van der Waals surface area contributed by atoms with Crippen molar-refractivity contribution in [2.75, 3.05) is 32.6 Å². The number of likely N-dealkylation sites (tertiary alicyclic amines) is 1. The summed E-state index contributed by atoms with van der Waals surface area (Å²) in [6, 6.07) is 11.9. The SMILES string of the molecule is CCOC(=O)C(C)(C)Oc1c(C)cc(CC[C@H]2CN(C(=O)OCCC(C)C)CC2C(=O)c2ccc(SC)cc2)cc1C. The number of aryl methyl sites for hydroxylation is 3. The highest BCUT2D eigenvalue weighted by atomic mass is 32.2. The summed E-state index contributed by atoms with van der Waals surface area (Å²) in [4.78, 5) is 41.8. The minimum Gasteiger partial charge on any atom is -0.476 e. The molecular formula is C34H47NO6S. The molecule has 1 unspecified atom stereocenters. The molecule has 1 saturated heterocycles. The number of hydrogen-bond donors (Lipinski definition) is 0. The number of hydrogen-bond acceptors (Lipinski definition) is 7. The van der Waals surface area contributed by atoms with Gasteiger partial charge >= 0.3 is 12.1 Å². The molecule has 0 saturated carbocycles. The maximum Gasteiger partial charge on any atom is 0.409 e. The molecule has 1 fully saturated rings. The van der Waals surface area contributed by atoms with Crippen molar-refractivity contribution in [3.63, 3.8) is 0 Å². The lowest BCUT2D eigenvalue weighted by atomic mass is 9.84. The molecule has 230 valence electrons. The quantitative estimate of drug-likeness (QED) is 0.136. The van der Waals surface area contributed by atoms with E-state index < -0.39 is 11.6 Å². The second-order valence-electron chi connectivity index (χ2n) is 12.1. The average molecular weight is 598 g/mol. The van der Waals surface area contributed by atoms with Crippen LogP contribution in [0, 0.1) is 31.6 Å². The second kappa shape index (κ2) is 14.9. The van der Waals surface area contributed by atoms with E-state index in [-0.39, 0.29) is 23.7 Å². The molecule has 0 aromatic heterocycles. The van der Waals surface area contributed by atoms with Crippen molar-refractivity contribution in [1.82, 2.24) is 4.90 Å². The van der Waals surface area contributed by atoms with Crippen molar-refractivity contribution in [2.24, 2.45) is 17.8 Å². The zero-order chi connectivity index (χ0) is 31.0. The van der Waals surface area contributed by atoms with Crippen molar-refractivity contribution in [1.29, 1.82) is 0 Å². The van der Waals surface area contributed by atoms with Crippen LogP contribution < -0.4 is 4.74 Å². The molecule has 0 N–H and O–H groups in total. The first-order chi connectivity index (χ1) is 19.9. The minimum atomic E-state index is -1.11. The number of ether oxygens (including phenoxy) is 3. The number of ketones is 1. The van der Waals surface area contributed by atoms with Gasteiger partial charge in [-0.2, -0.15) is 0 Å². The summed E-state index contributed by atoms with van der Waals surface area (Å²) in [7, 11) is 0. The number of benzene rings is 2. The van der Waals surface area contributed by atoms with Crippen LogP contribution in [0.25, 0.3) is 0 Å². The Labute approximate surface area is 255 Å². The van der Waals surface area contributed by atoms with Gasteiger partial charge < -0.3 is 19.1 Å². The summed E-state index contributed by atoms with van der Waals surface area (Å²) in [6.45, 7) is 14.9. The fourth-order valence-electron chi connectivity index (χ4n) is 5.35. The Morgan fingerprint density at radius 3 is 2.24 bits per heavy atom. The molecule has 2 aromatic carbocycles. The van der Waals surface area contributed by atoms with E-state index in [1.807, 2.05) is 44.4 Å². The molecule has 2 aromatic rings. The molecule has 0 spiro atoms. The molecule has 8 heteroatoms. The van der Waals surface area contributed by atoms with Crippen molar-refractivity contribution >= 4 is 29.6 Å². The molecule has 1 aliphatic rings. The molecule has 42 heavy (non-hydrogen) atoms. The number of Topliss-reactive ketones (excluding diaryl/α,β-unsaturated/α-hetero) is 1. The Bertz CT molecular complexity index is 1220. The van der Waals surface area contributed by atoms with Gasteiger partial charge in [-0.3, -0.25) is 4.79 Å². The first kappa shape index (κ1) is 33.5. The number of carbonyl (C=O) groups is 3. The smallest absolute Gasteiger partial charge is 0.409 e. The zero-order valence-corrected chi connectivity index (χ0v) is 27.3. The maximum atomic E-state index is 13.7. The third kappa shape index (κ3) is 8.76. The van der Waals surface area contributed by atoms with Gasteiger partial charge in [0.2, 0.25) is 0 Å². The average Bonchev–Trinajstić information content (AvgIpc) is 3.38. The van der Waals surface area contributed by atoms with Gasteiger partial charge in [0.05, 0.1) is 13.2 Å². The summed E-state index contributed by atoms with van der Waals surface area (Å²) >= 11 is 1.64. The van der Waals surface area contributed by atoms with E-state index in [0.717, 1.165) is 40.8 Å². The number of thioether (sulfide) groups is 1. The number of carbonyl (C=O) groups excluding carboxylic acids is 3. The van der Waals surface area contributed by atoms with E-state index in [1.54, 1.807) is 37.4 Å². The lowest BCUT2D eigenvalue weighted by Crippen LogP contribution is -2.40. The van der Waals surface area contributed by atoms with Gasteiger partial charge in [-0.25, -0.2) is 9.59 Å². The van der Waals surface area contributed by atoms with Crippen LogP contribution >= 0.6 is 11.8 Å². The van der Waals surface area contributed by atoms with Gasteiger partial charge in [0.25, 0.3) is 0 Å². The fraction of sp³-hybridized carbons (Fsp3) is 0.559. The molecule has 3 rings (SSSR count). The Kier molecular flexibility index (Phi) is 11.9. The van der Waals surface area contributed by atoms with Crippen LogP contribution in [-0.4, -0.2) is 60.9 Å². The molecule has 2 atom stereocenters. The van der Waals surface area contributed by atoms with Crippen LogP contribution in [0.4, 0.5) is 4.79 Å². The molecule has 7 nitrogen and oxygen atoms in total. The van der Waals surface area contributed by atoms with Crippen molar-refractivity contribution in [2.45, 2.75) is 78.2 Å². The summed E-state index contributed by atoms with van der Waals surface area (Å²) in [5.41, 5.74) is 2.57. The van der Waals surface area contributed by atoms with Gasteiger partial charge in [0, 0.05) is 29.5 Å². The lowest BCUT2D eigenvalue weighted by molar-refractivity contribution is -0.158. The topological polar surface area (TPSA) is 82.1 Å². The monoisotopic (exact) mass is 597 g/mol. The van der Waals surface area contributed by atoms with Crippen molar-refractivity contribution < 1.29 is 28.6 Å². The van der Waals surface area contributed by atoms with E-state index in [4.69, 9.17) is 14.2 Å². The van der Waals surface area contributed by atoms with Crippen LogP contribution in [-0.2, 0) is 20.7 Å². The highest BCUT2D eigenvalue weighted by Gasteiger charge is 2.40.